The molecule has 0 fully saturated rings. The lowest BCUT2D eigenvalue weighted by Crippen LogP contribution is -2.30. The number of nitrogens with zero attached hydrogens (tertiary/aromatic N) is 1. The first-order valence-electron chi connectivity index (χ1n) is 10.4. The van der Waals surface area contributed by atoms with E-state index < -0.39 is 17.5 Å². The summed E-state index contributed by atoms with van der Waals surface area (Å²) in [5.41, 5.74) is 4.23. The van der Waals surface area contributed by atoms with Crippen LogP contribution in [0, 0.1) is 11.6 Å². The third-order valence-corrected chi connectivity index (χ3v) is 4.48. The smallest absolute Gasteiger partial charge is 0.260 e. The molecule has 168 valence electrons. The van der Waals surface area contributed by atoms with E-state index in [1.807, 2.05) is 20.8 Å². The Kier molecular flexibility index (Phi) is 14.0. The van der Waals surface area contributed by atoms with E-state index in [0.717, 1.165) is 42.7 Å². The number of nitrogens with one attached hydrogen (secondary N) is 1. The number of halogens is 2. The zero-order valence-corrected chi connectivity index (χ0v) is 18.7. The average molecular weight is 424 g/mol. The van der Waals surface area contributed by atoms with E-state index in [4.69, 9.17) is 5.84 Å². The van der Waals surface area contributed by atoms with Crippen molar-refractivity contribution in [1.29, 1.82) is 0 Å². The van der Waals surface area contributed by atoms with Gasteiger partial charge in [0.2, 0.25) is 6.41 Å². The van der Waals surface area contributed by atoms with Crippen LogP contribution >= 0.6 is 0 Å². The fourth-order valence-electron chi connectivity index (χ4n) is 2.89. The van der Waals surface area contributed by atoms with E-state index in [0.29, 0.717) is 24.8 Å². The maximum absolute atomic E-state index is 14.1. The second-order valence-corrected chi connectivity index (χ2v) is 6.55. The summed E-state index contributed by atoms with van der Waals surface area (Å²) in [6.45, 7) is 9.61. The van der Waals surface area contributed by atoms with Crippen molar-refractivity contribution < 1.29 is 18.4 Å². The molecule has 0 heterocycles. The van der Waals surface area contributed by atoms with E-state index in [1.54, 1.807) is 13.0 Å². The summed E-state index contributed by atoms with van der Waals surface area (Å²) in [4.78, 5) is 25.0. The van der Waals surface area contributed by atoms with Crippen LogP contribution in [0.15, 0.2) is 41.1 Å². The fraction of sp³-hybridized carbons (Fsp3) is 0.478. The molecule has 0 saturated carbocycles. The first-order valence-corrected chi connectivity index (χ1v) is 10.4. The van der Waals surface area contributed by atoms with Gasteiger partial charge < -0.3 is 4.90 Å². The Morgan fingerprint density at radius 2 is 1.87 bits per heavy atom. The second-order valence-electron chi connectivity index (χ2n) is 6.55. The molecule has 0 saturated heterocycles. The van der Waals surface area contributed by atoms with Gasteiger partial charge in [-0.15, -0.1) is 0 Å². The number of benzene rings is 1. The number of hydrogen-bond acceptors (Lipinski definition) is 3. The molecule has 0 aliphatic carbocycles. The summed E-state index contributed by atoms with van der Waals surface area (Å²) >= 11 is 0. The summed E-state index contributed by atoms with van der Waals surface area (Å²) in [6.07, 6.45) is 6.35. The quantitative estimate of drug-likeness (QED) is 0.0985. The van der Waals surface area contributed by atoms with Crippen molar-refractivity contribution in [2.24, 2.45) is 5.84 Å². The predicted molar refractivity (Wildman–Crippen MR) is 117 cm³/mol. The highest BCUT2D eigenvalue weighted by molar-refractivity contribution is 5.92. The number of carbonyl (C=O) groups is 2. The Bertz CT molecular complexity index is 746. The minimum absolute atomic E-state index is 0.0173. The topological polar surface area (TPSA) is 75.4 Å². The van der Waals surface area contributed by atoms with Gasteiger partial charge in [0.25, 0.3) is 5.91 Å². The van der Waals surface area contributed by atoms with Crippen LogP contribution < -0.4 is 11.3 Å². The Morgan fingerprint density at radius 1 is 1.20 bits per heavy atom. The highest BCUT2D eigenvalue weighted by Gasteiger charge is 2.16. The normalized spacial score (nSPS) is 11.8. The SMILES string of the molecule is CC.CCCCC/C(=C(/C=C(\C)C(=O)NN)CC)N(C=O)Cc1ccc(F)cc1F. The molecule has 0 aliphatic heterocycles. The number of rotatable bonds is 11. The molecule has 2 amide bonds. The Hall–Kier alpha value is -2.54. The van der Waals surface area contributed by atoms with Gasteiger partial charge in [0, 0.05) is 22.9 Å². The monoisotopic (exact) mass is 423 g/mol. The van der Waals surface area contributed by atoms with Gasteiger partial charge in [-0.3, -0.25) is 15.0 Å². The van der Waals surface area contributed by atoms with Gasteiger partial charge in [-0.1, -0.05) is 46.6 Å². The van der Waals surface area contributed by atoms with Crippen LogP contribution in [0.1, 0.15) is 72.3 Å². The Balaban J connectivity index is 0.00000407. The van der Waals surface area contributed by atoms with Gasteiger partial charge in [0.05, 0.1) is 6.54 Å². The molecule has 0 atom stereocenters. The molecule has 0 radical (unpaired) electrons. The highest BCUT2D eigenvalue weighted by Crippen LogP contribution is 2.24. The summed E-state index contributed by atoms with van der Waals surface area (Å²) in [5, 5.41) is 0. The summed E-state index contributed by atoms with van der Waals surface area (Å²) in [6, 6.07) is 3.30. The molecule has 1 aromatic rings. The van der Waals surface area contributed by atoms with Crippen molar-refractivity contribution in [2.45, 2.75) is 73.3 Å². The lowest BCUT2D eigenvalue weighted by Gasteiger charge is -2.24. The van der Waals surface area contributed by atoms with Crippen molar-refractivity contribution in [3.63, 3.8) is 0 Å². The number of amides is 2. The third kappa shape index (κ3) is 8.86. The fourth-order valence-corrected chi connectivity index (χ4v) is 2.89. The van der Waals surface area contributed by atoms with Gasteiger partial charge in [0.1, 0.15) is 11.6 Å². The number of carbonyl (C=O) groups excluding carboxylic acids is 2. The predicted octanol–water partition coefficient (Wildman–Crippen LogP) is 5.13. The number of hydrogen-bond donors (Lipinski definition) is 2. The second kappa shape index (κ2) is 15.3. The molecule has 0 unspecified atom stereocenters. The molecule has 1 rings (SSSR count). The van der Waals surface area contributed by atoms with Crippen LogP contribution in [0.3, 0.4) is 0 Å². The van der Waals surface area contributed by atoms with E-state index in [1.165, 1.54) is 11.0 Å². The van der Waals surface area contributed by atoms with Gasteiger partial charge in [0.15, 0.2) is 0 Å². The maximum atomic E-state index is 14.1. The number of nitrogens with two attached hydrogens (primary N) is 1. The van der Waals surface area contributed by atoms with Crippen molar-refractivity contribution in [3.05, 3.63) is 58.3 Å². The average Bonchev–Trinajstić information content (AvgIpc) is 2.76. The molecular weight excluding hydrogens is 388 g/mol. The van der Waals surface area contributed by atoms with Crippen LogP contribution in [0.25, 0.3) is 0 Å². The van der Waals surface area contributed by atoms with Gasteiger partial charge in [-0.25, -0.2) is 14.6 Å². The lowest BCUT2D eigenvalue weighted by molar-refractivity contribution is -0.118. The van der Waals surface area contributed by atoms with Crippen molar-refractivity contribution >= 4 is 12.3 Å². The zero-order valence-electron chi connectivity index (χ0n) is 18.7. The minimum atomic E-state index is -0.702. The molecule has 0 spiro atoms. The molecule has 0 aliphatic rings. The molecule has 5 nitrogen and oxygen atoms in total. The van der Waals surface area contributed by atoms with E-state index in [9.17, 15) is 18.4 Å². The minimum Gasteiger partial charge on any atom is -0.314 e. The van der Waals surface area contributed by atoms with E-state index in [2.05, 4.69) is 12.3 Å². The largest absolute Gasteiger partial charge is 0.314 e. The van der Waals surface area contributed by atoms with E-state index in [-0.39, 0.29) is 12.1 Å². The molecular formula is C23H35F2N3O2. The number of allylic oxidation sites excluding steroid dienone is 3. The van der Waals surface area contributed by atoms with Crippen LogP contribution in [0.5, 0.6) is 0 Å². The van der Waals surface area contributed by atoms with Crippen molar-refractivity contribution in [3.8, 4) is 0 Å². The standard InChI is InChI=1S/C21H29F2N3O2.C2H6/c1-4-6-7-8-20(16(5-2)11-15(3)21(28)25-24)26(14-27)13-17-9-10-18(22)12-19(17)23;1-2/h9-12,14H,4-8,13,24H2,1-3H3,(H,25,28);1-2H3/b15-11+,20-16-;. The molecule has 7 heteroatoms. The van der Waals surface area contributed by atoms with Gasteiger partial charge >= 0.3 is 0 Å². The summed E-state index contributed by atoms with van der Waals surface area (Å²) < 4.78 is 27.3. The summed E-state index contributed by atoms with van der Waals surface area (Å²) in [5.74, 6) is 3.40. The van der Waals surface area contributed by atoms with Crippen LogP contribution in [-0.2, 0) is 16.1 Å². The number of hydrazine groups is 1. The first kappa shape index (κ1) is 27.5. The molecule has 1 aromatic carbocycles. The maximum Gasteiger partial charge on any atom is 0.260 e. The van der Waals surface area contributed by atoms with Crippen LogP contribution in [0.4, 0.5) is 8.78 Å². The van der Waals surface area contributed by atoms with Crippen molar-refractivity contribution in [1.82, 2.24) is 10.3 Å². The van der Waals surface area contributed by atoms with Crippen molar-refractivity contribution in [2.75, 3.05) is 0 Å². The molecule has 0 aromatic heterocycles. The molecule has 30 heavy (non-hydrogen) atoms. The number of unbranched alkanes of at least 4 members (excludes halogenated alkanes) is 2. The zero-order chi connectivity index (χ0) is 23.1. The molecule has 0 bridgehead atoms. The Morgan fingerprint density at radius 3 is 2.37 bits per heavy atom. The first-order chi connectivity index (χ1) is 14.4. The van der Waals surface area contributed by atoms with Gasteiger partial charge in [-0.2, -0.15) is 0 Å². The Labute approximate surface area is 179 Å². The van der Waals surface area contributed by atoms with Crippen LogP contribution in [-0.4, -0.2) is 17.2 Å². The van der Waals surface area contributed by atoms with Crippen LogP contribution in [0.2, 0.25) is 0 Å². The van der Waals surface area contributed by atoms with E-state index >= 15 is 0 Å². The van der Waals surface area contributed by atoms with Gasteiger partial charge in [-0.05, 0) is 43.9 Å². The highest BCUT2D eigenvalue weighted by atomic mass is 19.1. The third-order valence-electron chi connectivity index (χ3n) is 4.48. The summed E-state index contributed by atoms with van der Waals surface area (Å²) in [7, 11) is 0. The molecule has 3 N–H and O–H groups in total. The lowest BCUT2D eigenvalue weighted by atomic mass is 10.0.